The van der Waals surface area contributed by atoms with E-state index in [1.165, 1.54) is 4.68 Å². The van der Waals surface area contributed by atoms with Crippen LogP contribution in [0.4, 0.5) is 0 Å². The number of rotatable bonds is 4. The van der Waals surface area contributed by atoms with Gasteiger partial charge in [0, 0.05) is 12.6 Å². The molecule has 4 nitrogen and oxygen atoms in total. The molecule has 0 spiro atoms. The van der Waals surface area contributed by atoms with Gasteiger partial charge in [-0.1, -0.05) is 6.92 Å². The lowest BCUT2D eigenvalue weighted by atomic mass is 10.2. The van der Waals surface area contributed by atoms with Gasteiger partial charge < -0.3 is 5.32 Å². The van der Waals surface area contributed by atoms with Crippen LogP contribution in [0.2, 0.25) is 0 Å². The Kier molecular flexibility index (Phi) is 3.83. The summed E-state index contributed by atoms with van der Waals surface area (Å²) in [6.07, 6.45) is 1.72. The molecule has 1 aromatic rings. The van der Waals surface area contributed by atoms with Crippen molar-refractivity contribution in [3.63, 3.8) is 0 Å². The quantitative estimate of drug-likeness (QED) is 0.757. The van der Waals surface area contributed by atoms with Gasteiger partial charge in [0.05, 0.1) is 6.20 Å². The highest BCUT2D eigenvalue weighted by Crippen LogP contribution is 1.95. The molecule has 4 heteroatoms. The predicted molar refractivity (Wildman–Crippen MR) is 56.3 cm³/mol. The SMILES string of the molecule is CNCC(C)Cn1ncc(C)cc1=O. The van der Waals surface area contributed by atoms with Gasteiger partial charge in [-0.05, 0) is 32.0 Å². The maximum Gasteiger partial charge on any atom is 0.266 e. The van der Waals surface area contributed by atoms with Crippen LogP contribution in [0, 0.1) is 12.8 Å². The van der Waals surface area contributed by atoms with Crippen LogP contribution in [-0.2, 0) is 6.54 Å². The molecular formula is C10H17N3O. The molecule has 14 heavy (non-hydrogen) atoms. The Morgan fingerprint density at radius 2 is 2.36 bits per heavy atom. The van der Waals surface area contributed by atoms with Crippen LogP contribution in [0.15, 0.2) is 17.1 Å². The third-order valence-electron chi connectivity index (χ3n) is 2.04. The summed E-state index contributed by atoms with van der Waals surface area (Å²) in [5, 5.41) is 7.15. The summed E-state index contributed by atoms with van der Waals surface area (Å²) in [5.41, 5.74) is 0.889. The number of hydrogen-bond donors (Lipinski definition) is 1. The van der Waals surface area contributed by atoms with Gasteiger partial charge in [-0.2, -0.15) is 5.10 Å². The molecule has 1 N–H and O–H groups in total. The van der Waals surface area contributed by atoms with Gasteiger partial charge in [0.25, 0.3) is 5.56 Å². The first-order chi connectivity index (χ1) is 6.63. The van der Waals surface area contributed by atoms with Gasteiger partial charge in [-0.15, -0.1) is 0 Å². The smallest absolute Gasteiger partial charge is 0.266 e. The highest BCUT2D eigenvalue weighted by atomic mass is 16.1. The molecule has 0 saturated heterocycles. The normalized spacial score (nSPS) is 12.8. The molecule has 0 bridgehead atoms. The fourth-order valence-electron chi connectivity index (χ4n) is 1.37. The molecule has 0 aromatic carbocycles. The molecule has 0 aliphatic rings. The first kappa shape index (κ1) is 10.9. The molecule has 0 aliphatic heterocycles. The molecule has 0 aliphatic carbocycles. The Hall–Kier alpha value is -1.16. The van der Waals surface area contributed by atoms with Crippen LogP contribution in [-0.4, -0.2) is 23.4 Å². The summed E-state index contributed by atoms with van der Waals surface area (Å²) in [6.45, 7) is 5.52. The van der Waals surface area contributed by atoms with E-state index in [1.54, 1.807) is 12.3 Å². The van der Waals surface area contributed by atoms with Crippen molar-refractivity contribution in [2.24, 2.45) is 5.92 Å². The van der Waals surface area contributed by atoms with E-state index in [-0.39, 0.29) is 5.56 Å². The fourth-order valence-corrected chi connectivity index (χ4v) is 1.37. The van der Waals surface area contributed by atoms with Crippen LogP contribution >= 0.6 is 0 Å². The molecule has 1 atom stereocenters. The van der Waals surface area contributed by atoms with Crippen molar-refractivity contribution in [3.8, 4) is 0 Å². The van der Waals surface area contributed by atoms with Crippen LogP contribution in [0.1, 0.15) is 12.5 Å². The molecule has 0 amide bonds. The monoisotopic (exact) mass is 195 g/mol. The highest BCUT2D eigenvalue weighted by molar-refractivity contribution is 5.02. The Labute approximate surface area is 84.0 Å². The minimum Gasteiger partial charge on any atom is -0.319 e. The zero-order valence-corrected chi connectivity index (χ0v) is 8.95. The van der Waals surface area contributed by atoms with E-state index in [0.29, 0.717) is 12.5 Å². The number of aromatic nitrogens is 2. The molecule has 1 heterocycles. The summed E-state index contributed by atoms with van der Waals surface area (Å²) in [4.78, 5) is 11.5. The van der Waals surface area contributed by atoms with Crippen LogP contribution in [0.25, 0.3) is 0 Å². The third-order valence-corrected chi connectivity index (χ3v) is 2.04. The van der Waals surface area contributed by atoms with Gasteiger partial charge in [0.2, 0.25) is 0 Å². The lowest BCUT2D eigenvalue weighted by Gasteiger charge is -2.11. The van der Waals surface area contributed by atoms with Crippen molar-refractivity contribution in [3.05, 3.63) is 28.2 Å². The average molecular weight is 195 g/mol. The molecule has 0 radical (unpaired) electrons. The minimum atomic E-state index is -0.0204. The van der Waals surface area contributed by atoms with Gasteiger partial charge in [-0.25, -0.2) is 4.68 Å². The number of aryl methyl sites for hydroxylation is 1. The van der Waals surface area contributed by atoms with Crippen molar-refractivity contribution in [1.82, 2.24) is 15.1 Å². The number of nitrogens with one attached hydrogen (secondary N) is 1. The maximum atomic E-state index is 11.5. The Morgan fingerprint density at radius 1 is 1.64 bits per heavy atom. The van der Waals surface area contributed by atoms with Crippen molar-refractivity contribution < 1.29 is 0 Å². The van der Waals surface area contributed by atoms with E-state index in [1.807, 2.05) is 14.0 Å². The molecule has 1 rings (SSSR count). The largest absolute Gasteiger partial charge is 0.319 e. The zero-order valence-electron chi connectivity index (χ0n) is 8.95. The summed E-state index contributed by atoms with van der Waals surface area (Å²) in [7, 11) is 1.90. The summed E-state index contributed by atoms with van der Waals surface area (Å²) in [6, 6.07) is 1.61. The molecule has 78 valence electrons. The first-order valence-electron chi connectivity index (χ1n) is 4.82. The fraction of sp³-hybridized carbons (Fsp3) is 0.600. The Bertz CT molecular complexity index is 345. The van der Waals surface area contributed by atoms with E-state index >= 15 is 0 Å². The van der Waals surface area contributed by atoms with Crippen molar-refractivity contribution >= 4 is 0 Å². The zero-order chi connectivity index (χ0) is 10.6. The van der Waals surface area contributed by atoms with E-state index in [0.717, 1.165) is 12.1 Å². The van der Waals surface area contributed by atoms with Gasteiger partial charge in [-0.3, -0.25) is 4.79 Å². The summed E-state index contributed by atoms with van der Waals surface area (Å²) in [5.74, 6) is 0.410. The van der Waals surface area contributed by atoms with E-state index in [2.05, 4.69) is 17.3 Å². The van der Waals surface area contributed by atoms with E-state index in [9.17, 15) is 4.79 Å². The lowest BCUT2D eigenvalue weighted by molar-refractivity contribution is 0.421. The van der Waals surface area contributed by atoms with Crippen LogP contribution in [0.5, 0.6) is 0 Å². The third kappa shape index (κ3) is 2.96. The van der Waals surface area contributed by atoms with Gasteiger partial charge in [0.15, 0.2) is 0 Å². The lowest BCUT2D eigenvalue weighted by Crippen LogP contribution is -2.28. The summed E-state index contributed by atoms with van der Waals surface area (Å²) >= 11 is 0. The molecular weight excluding hydrogens is 178 g/mol. The second kappa shape index (κ2) is 4.91. The topological polar surface area (TPSA) is 46.9 Å². The van der Waals surface area contributed by atoms with Crippen molar-refractivity contribution in [2.45, 2.75) is 20.4 Å². The van der Waals surface area contributed by atoms with E-state index < -0.39 is 0 Å². The number of hydrogen-bond acceptors (Lipinski definition) is 3. The molecule has 0 fully saturated rings. The second-order valence-corrected chi connectivity index (χ2v) is 3.72. The van der Waals surface area contributed by atoms with Crippen LogP contribution in [0.3, 0.4) is 0 Å². The highest BCUT2D eigenvalue weighted by Gasteiger charge is 2.04. The van der Waals surface area contributed by atoms with Gasteiger partial charge >= 0.3 is 0 Å². The van der Waals surface area contributed by atoms with Crippen molar-refractivity contribution in [1.29, 1.82) is 0 Å². The predicted octanol–water partition coefficient (Wildman–Crippen LogP) is 0.407. The molecule has 1 aromatic heterocycles. The van der Waals surface area contributed by atoms with Crippen molar-refractivity contribution in [2.75, 3.05) is 13.6 Å². The minimum absolute atomic E-state index is 0.0204. The van der Waals surface area contributed by atoms with E-state index in [4.69, 9.17) is 0 Å². The standard InChI is InChI=1S/C10H17N3O/c1-8-4-10(14)13(12-6-8)7-9(2)5-11-3/h4,6,9,11H,5,7H2,1-3H3. The first-order valence-corrected chi connectivity index (χ1v) is 4.82. The van der Waals surface area contributed by atoms with Gasteiger partial charge in [0.1, 0.15) is 0 Å². The average Bonchev–Trinajstić information content (AvgIpc) is 2.10. The number of nitrogens with zero attached hydrogens (tertiary/aromatic N) is 2. The Balaban J connectivity index is 2.72. The van der Waals surface area contributed by atoms with Crippen LogP contribution < -0.4 is 10.9 Å². The molecule has 1 unspecified atom stereocenters. The Morgan fingerprint density at radius 3 is 2.93 bits per heavy atom. The maximum absolute atomic E-state index is 11.5. The summed E-state index contributed by atoms with van der Waals surface area (Å²) < 4.78 is 1.51. The molecule has 0 saturated carbocycles. The second-order valence-electron chi connectivity index (χ2n) is 3.72.